The average molecular weight is 450 g/mol. The number of benzene rings is 2. The molecule has 2 heterocycles. The van der Waals surface area contributed by atoms with Gasteiger partial charge in [-0.25, -0.2) is 0 Å². The Labute approximate surface area is 190 Å². The first kappa shape index (κ1) is 21.6. The highest BCUT2D eigenvalue weighted by Gasteiger charge is 2.47. The number of ketones is 1. The predicted octanol–water partition coefficient (Wildman–Crippen LogP) is 4.78. The number of likely N-dealkylation sites (tertiary alicyclic amines) is 1. The van der Waals surface area contributed by atoms with E-state index in [9.17, 15) is 14.7 Å². The molecule has 1 fully saturated rings. The van der Waals surface area contributed by atoms with Crippen molar-refractivity contribution in [2.45, 2.75) is 19.5 Å². The summed E-state index contributed by atoms with van der Waals surface area (Å²) in [6, 6.07) is 17.1. The molecular formula is C25H23NO5S. The Morgan fingerprint density at radius 3 is 2.62 bits per heavy atom. The van der Waals surface area contributed by atoms with E-state index in [0.29, 0.717) is 29.2 Å². The normalized spacial score (nSPS) is 17.6. The monoisotopic (exact) mass is 449 g/mol. The summed E-state index contributed by atoms with van der Waals surface area (Å²) in [6.45, 7) is 2.58. The molecule has 7 heteroatoms. The third-order valence-electron chi connectivity index (χ3n) is 5.30. The van der Waals surface area contributed by atoms with Gasteiger partial charge in [0.1, 0.15) is 17.3 Å². The van der Waals surface area contributed by atoms with Crippen LogP contribution in [0.1, 0.15) is 29.0 Å². The Balaban J connectivity index is 1.89. The Kier molecular flexibility index (Phi) is 6.28. The molecule has 6 nitrogen and oxygen atoms in total. The highest BCUT2D eigenvalue weighted by atomic mass is 32.1. The van der Waals surface area contributed by atoms with Crippen LogP contribution in [0.2, 0.25) is 0 Å². The van der Waals surface area contributed by atoms with E-state index in [0.717, 1.165) is 4.88 Å². The van der Waals surface area contributed by atoms with E-state index in [2.05, 4.69) is 0 Å². The van der Waals surface area contributed by atoms with Gasteiger partial charge in [-0.3, -0.25) is 9.59 Å². The molecule has 1 amide bonds. The van der Waals surface area contributed by atoms with E-state index in [-0.39, 0.29) is 17.9 Å². The molecule has 2 aromatic carbocycles. The van der Waals surface area contributed by atoms with Crippen LogP contribution in [0.25, 0.3) is 5.76 Å². The number of hydrogen-bond donors (Lipinski definition) is 1. The van der Waals surface area contributed by atoms with E-state index in [4.69, 9.17) is 9.47 Å². The Morgan fingerprint density at radius 1 is 1.09 bits per heavy atom. The highest BCUT2D eigenvalue weighted by molar-refractivity contribution is 7.09. The van der Waals surface area contributed by atoms with Gasteiger partial charge in [0.15, 0.2) is 0 Å². The second-order valence-corrected chi connectivity index (χ2v) is 8.24. The molecule has 0 saturated carbocycles. The van der Waals surface area contributed by atoms with Crippen molar-refractivity contribution >= 4 is 28.8 Å². The van der Waals surface area contributed by atoms with Crippen molar-refractivity contribution in [2.75, 3.05) is 13.7 Å². The van der Waals surface area contributed by atoms with E-state index in [1.54, 1.807) is 36.4 Å². The fraction of sp³-hybridized carbons (Fsp3) is 0.200. The first-order valence-electron chi connectivity index (χ1n) is 10.2. The fourth-order valence-corrected chi connectivity index (χ4v) is 4.59. The van der Waals surface area contributed by atoms with Crippen molar-refractivity contribution in [2.24, 2.45) is 0 Å². The molecule has 164 valence electrons. The first-order valence-corrected chi connectivity index (χ1v) is 11.1. The number of aliphatic hydroxyl groups excluding tert-OH is 1. The molecule has 1 aliphatic rings. The third-order valence-corrected chi connectivity index (χ3v) is 6.16. The van der Waals surface area contributed by atoms with Crippen molar-refractivity contribution < 1.29 is 24.2 Å². The first-order chi connectivity index (χ1) is 15.5. The van der Waals surface area contributed by atoms with E-state index in [1.807, 2.05) is 36.6 Å². The van der Waals surface area contributed by atoms with Crippen LogP contribution >= 0.6 is 11.3 Å². The lowest BCUT2D eigenvalue weighted by atomic mass is 9.94. The topological polar surface area (TPSA) is 76.1 Å². The van der Waals surface area contributed by atoms with Crippen LogP contribution in [0.5, 0.6) is 11.5 Å². The summed E-state index contributed by atoms with van der Waals surface area (Å²) in [4.78, 5) is 28.7. The summed E-state index contributed by atoms with van der Waals surface area (Å²) >= 11 is 1.50. The summed E-state index contributed by atoms with van der Waals surface area (Å²) in [6.07, 6.45) is 0. The molecule has 1 aliphatic heterocycles. The molecule has 32 heavy (non-hydrogen) atoms. The molecule has 0 spiro atoms. The van der Waals surface area contributed by atoms with Crippen LogP contribution in [0.15, 0.2) is 71.6 Å². The van der Waals surface area contributed by atoms with Gasteiger partial charge >= 0.3 is 0 Å². The number of Topliss-reactive ketones (excluding diaryl/α,β-unsaturated/α-hetero) is 1. The molecule has 0 radical (unpaired) electrons. The molecule has 1 N–H and O–H groups in total. The summed E-state index contributed by atoms with van der Waals surface area (Å²) < 4.78 is 11.1. The third kappa shape index (κ3) is 3.99. The van der Waals surface area contributed by atoms with Crippen molar-refractivity contribution in [1.29, 1.82) is 0 Å². The maximum absolute atomic E-state index is 13.2. The van der Waals surface area contributed by atoms with Gasteiger partial charge in [0.25, 0.3) is 11.7 Å². The lowest BCUT2D eigenvalue weighted by molar-refractivity contribution is -0.140. The van der Waals surface area contributed by atoms with E-state index < -0.39 is 17.7 Å². The van der Waals surface area contributed by atoms with Gasteiger partial charge in [0, 0.05) is 16.0 Å². The van der Waals surface area contributed by atoms with Crippen LogP contribution in [0, 0.1) is 0 Å². The number of ether oxygens (including phenoxy) is 2. The van der Waals surface area contributed by atoms with Crippen molar-refractivity contribution in [1.82, 2.24) is 4.90 Å². The smallest absolute Gasteiger partial charge is 0.295 e. The maximum Gasteiger partial charge on any atom is 0.295 e. The standard InChI is InChI=1S/C25H23NO5S/c1-3-31-17-9-6-8-16(14-17)23(27)21-22(19-11-4-5-12-20(19)30-2)26(25(29)24(21)28)15-18-10-7-13-32-18/h4-14,22,27H,3,15H2,1-2H3/b23-21-. The zero-order valence-electron chi connectivity index (χ0n) is 17.8. The van der Waals surface area contributed by atoms with Crippen LogP contribution < -0.4 is 9.47 Å². The summed E-state index contributed by atoms with van der Waals surface area (Å²) in [5, 5.41) is 13.1. The predicted molar refractivity (Wildman–Crippen MR) is 123 cm³/mol. The van der Waals surface area contributed by atoms with Gasteiger partial charge in [-0.15, -0.1) is 11.3 Å². The molecular weight excluding hydrogens is 426 g/mol. The van der Waals surface area contributed by atoms with Crippen molar-refractivity contribution in [3.8, 4) is 11.5 Å². The summed E-state index contributed by atoms with van der Waals surface area (Å²) in [5.74, 6) is -0.522. The summed E-state index contributed by atoms with van der Waals surface area (Å²) in [7, 11) is 1.54. The number of aliphatic hydroxyl groups is 1. The highest BCUT2D eigenvalue weighted by Crippen LogP contribution is 2.43. The summed E-state index contributed by atoms with van der Waals surface area (Å²) in [5.41, 5.74) is 1.07. The van der Waals surface area contributed by atoms with Gasteiger partial charge < -0.3 is 19.5 Å². The molecule has 1 unspecified atom stereocenters. The Hall–Kier alpha value is -3.58. The van der Waals surface area contributed by atoms with Crippen molar-refractivity contribution in [3.63, 3.8) is 0 Å². The quantitative estimate of drug-likeness (QED) is 0.319. The second-order valence-electron chi connectivity index (χ2n) is 7.21. The Bertz CT molecular complexity index is 1170. The molecule has 1 aromatic heterocycles. The fourth-order valence-electron chi connectivity index (χ4n) is 3.88. The molecule has 0 aliphatic carbocycles. The molecule has 1 atom stereocenters. The van der Waals surface area contributed by atoms with Gasteiger partial charge in [-0.1, -0.05) is 36.4 Å². The number of hydrogen-bond acceptors (Lipinski definition) is 6. The average Bonchev–Trinajstić information content (AvgIpc) is 3.41. The molecule has 0 bridgehead atoms. The second kappa shape index (κ2) is 9.28. The lowest BCUT2D eigenvalue weighted by Gasteiger charge is -2.26. The van der Waals surface area contributed by atoms with Crippen LogP contribution in [0.3, 0.4) is 0 Å². The molecule has 3 aromatic rings. The number of amides is 1. The number of carbonyl (C=O) groups is 2. The Morgan fingerprint density at radius 2 is 1.91 bits per heavy atom. The van der Waals surface area contributed by atoms with Gasteiger partial charge in [-0.2, -0.15) is 0 Å². The molecule has 1 saturated heterocycles. The van der Waals surface area contributed by atoms with E-state index >= 15 is 0 Å². The lowest BCUT2D eigenvalue weighted by Crippen LogP contribution is -2.29. The number of nitrogens with zero attached hydrogens (tertiary/aromatic N) is 1. The number of methoxy groups -OCH3 is 1. The number of rotatable bonds is 7. The van der Waals surface area contributed by atoms with Crippen LogP contribution in [-0.4, -0.2) is 35.4 Å². The van der Waals surface area contributed by atoms with Gasteiger partial charge in [0.05, 0.1) is 31.9 Å². The van der Waals surface area contributed by atoms with Gasteiger partial charge in [-0.05, 0) is 36.6 Å². The van der Waals surface area contributed by atoms with E-state index in [1.165, 1.54) is 23.3 Å². The van der Waals surface area contributed by atoms with Crippen LogP contribution in [-0.2, 0) is 16.1 Å². The molecule has 4 rings (SSSR count). The zero-order chi connectivity index (χ0) is 22.7. The largest absolute Gasteiger partial charge is 0.507 e. The number of thiophene rings is 1. The maximum atomic E-state index is 13.2. The van der Waals surface area contributed by atoms with Crippen molar-refractivity contribution in [3.05, 3.63) is 87.6 Å². The minimum atomic E-state index is -0.788. The zero-order valence-corrected chi connectivity index (χ0v) is 18.6. The minimum absolute atomic E-state index is 0.0321. The number of para-hydroxylation sites is 1. The minimum Gasteiger partial charge on any atom is -0.507 e. The van der Waals surface area contributed by atoms with Gasteiger partial charge in [0.2, 0.25) is 0 Å². The van der Waals surface area contributed by atoms with Crippen LogP contribution in [0.4, 0.5) is 0 Å². The number of carbonyl (C=O) groups excluding carboxylic acids is 2. The SMILES string of the molecule is CCOc1cccc(/C(O)=C2/C(=O)C(=O)N(Cc3cccs3)C2c2ccccc2OC)c1.